The molecule has 0 aromatic carbocycles. The second-order valence-electron chi connectivity index (χ2n) is 6.07. The lowest BCUT2D eigenvalue weighted by molar-refractivity contribution is 0.246. The SMILES string of the molecule is CCCN(C1CCNC1)S(=O)(=O)N(C)C1CCCCC1. The molecule has 0 aromatic rings. The van der Waals surface area contributed by atoms with Crippen LogP contribution in [0.5, 0.6) is 0 Å². The van der Waals surface area contributed by atoms with E-state index in [-0.39, 0.29) is 12.1 Å². The molecule has 118 valence electrons. The van der Waals surface area contributed by atoms with Crippen LogP contribution in [0.3, 0.4) is 0 Å². The van der Waals surface area contributed by atoms with Gasteiger partial charge in [-0.25, -0.2) is 0 Å². The van der Waals surface area contributed by atoms with E-state index >= 15 is 0 Å². The van der Waals surface area contributed by atoms with Crippen LogP contribution in [0.15, 0.2) is 0 Å². The molecule has 0 spiro atoms. The Bertz CT molecular complexity index is 387. The molecule has 1 saturated heterocycles. The summed E-state index contributed by atoms with van der Waals surface area (Å²) >= 11 is 0. The van der Waals surface area contributed by atoms with E-state index in [1.54, 1.807) is 15.7 Å². The molecule has 5 nitrogen and oxygen atoms in total. The Morgan fingerprint density at radius 3 is 2.35 bits per heavy atom. The van der Waals surface area contributed by atoms with Crippen molar-refractivity contribution in [3.8, 4) is 0 Å². The third-order valence-electron chi connectivity index (χ3n) is 4.63. The standard InChI is InChI=1S/C14H29N3O2S/c1-3-11-17(14-9-10-15-12-14)20(18,19)16(2)13-7-5-4-6-8-13/h13-15H,3-12H2,1-2H3. The zero-order valence-corrected chi connectivity index (χ0v) is 13.7. The minimum atomic E-state index is -3.32. The first-order valence-corrected chi connectivity index (χ1v) is 9.42. The minimum Gasteiger partial charge on any atom is -0.315 e. The third-order valence-corrected chi connectivity index (χ3v) is 6.73. The molecule has 1 N–H and O–H groups in total. The van der Waals surface area contributed by atoms with Gasteiger partial charge in [-0.1, -0.05) is 26.2 Å². The maximum atomic E-state index is 12.9. The quantitative estimate of drug-likeness (QED) is 0.810. The molecule has 2 aliphatic rings. The van der Waals surface area contributed by atoms with Crippen LogP contribution in [0.4, 0.5) is 0 Å². The van der Waals surface area contributed by atoms with Crippen molar-refractivity contribution in [1.29, 1.82) is 0 Å². The molecule has 1 aliphatic heterocycles. The second kappa shape index (κ2) is 7.20. The summed E-state index contributed by atoms with van der Waals surface area (Å²) in [7, 11) is -1.55. The highest BCUT2D eigenvalue weighted by Crippen LogP contribution is 2.26. The van der Waals surface area contributed by atoms with Crippen molar-refractivity contribution in [2.24, 2.45) is 0 Å². The molecule has 1 saturated carbocycles. The topological polar surface area (TPSA) is 52.7 Å². The van der Waals surface area contributed by atoms with E-state index in [0.717, 1.165) is 51.6 Å². The van der Waals surface area contributed by atoms with E-state index in [2.05, 4.69) is 5.32 Å². The fourth-order valence-corrected chi connectivity index (χ4v) is 5.28. The average Bonchev–Trinajstić information content (AvgIpc) is 2.98. The summed E-state index contributed by atoms with van der Waals surface area (Å²) < 4.78 is 29.3. The van der Waals surface area contributed by atoms with Crippen molar-refractivity contribution in [2.45, 2.75) is 64.0 Å². The highest BCUT2D eigenvalue weighted by atomic mass is 32.2. The first-order valence-electron chi connectivity index (χ1n) is 8.03. The summed E-state index contributed by atoms with van der Waals surface area (Å²) in [5.41, 5.74) is 0. The lowest BCUT2D eigenvalue weighted by Gasteiger charge is -2.36. The predicted molar refractivity (Wildman–Crippen MR) is 81.8 cm³/mol. The zero-order valence-electron chi connectivity index (χ0n) is 12.8. The Morgan fingerprint density at radius 1 is 1.10 bits per heavy atom. The molecule has 1 heterocycles. The molecule has 0 aromatic heterocycles. The van der Waals surface area contributed by atoms with Crippen molar-refractivity contribution in [2.75, 3.05) is 26.7 Å². The Kier molecular flexibility index (Phi) is 5.84. The Labute approximate surface area is 123 Å². The van der Waals surface area contributed by atoms with Crippen LogP contribution < -0.4 is 5.32 Å². The summed E-state index contributed by atoms with van der Waals surface area (Å²) in [6.45, 7) is 4.39. The van der Waals surface area contributed by atoms with E-state index < -0.39 is 10.2 Å². The molecule has 0 bridgehead atoms. The fourth-order valence-electron chi connectivity index (χ4n) is 3.39. The van der Waals surface area contributed by atoms with Gasteiger partial charge in [0, 0.05) is 32.2 Å². The van der Waals surface area contributed by atoms with E-state index in [1.165, 1.54) is 6.42 Å². The molecule has 0 amide bonds. The fraction of sp³-hybridized carbons (Fsp3) is 1.00. The Morgan fingerprint density at radius 2 is 1.80 bits per heavy atom. The number of hydrogen-bond donors (Lipinski definition) is 1. The van der Waals surface area contributed by atoms with Gasteiger partial charge in [0.1, 0.15) is 0 Å². The summed E-state index contributed by atoms with van der Waals surface area (Å²) in [6.07, 6.45) is 7.38. The van der Waals surface area contributed by atoms with Crippen LogP contribution in [0.2, 0.25) is 0 Å². The largest absolute Gasteiger partial charge is 0.315 e. The van der Waals surface area contributed by atoms with Gasteiger partial charge in [-0.05, 0) is 32.2 Å². The van der Waals surface area contributed by atoms with Crippen LogP contribution in [-0.2, 0) is 10.2 Å². The lowest BCUT2D eigenvalue weighted by Crippen LogP contribution is -2.51. The highest BCUT2D eigenvalue weighted by Gasteiger charge is 2.37. The van der Waals surface area contributed by atoms with Gasteiger partial charge in [-0.3, -0.25) is 0 Å². The molecule has 20 heavy (non-hydrogen) atoms. The van der Waals surface area contributed by atoms with Crippen molar-refractivity contribution >= 4 is 10.2 Å². The van der Waals surface area contributed by atoms with Gasteiger partial charge in [0.05, 0.1) is 0 Å². The maximum Gasteiger partial charge on any atom is 0.282 e. The van der Waals surface area contributed by atoms with Crippen molar-refractivity contribution < 1.29 is 8.42 Å². The van der Waals surface area contributed by atoms with Gasteiger partial charge in [0.15, 0.2) is 0 Å². The predicted octanol–water partition coefficient (Wildman–Crippen LogP) is 1.57. The molecule has 1 aliphatic carbocycles. The monoisotopic (exact) mass is 303 g/mol. The molecule has 2 fully saturated rings. The van der Waals surface area contributed by atoms with Gasteiger partial charge in [-0.15, -0.1) is 0 Å². The van der Waals surface area contributed by atoms with E-state index in [4.69, 9.17) is 0 Å². The maximum absolute atomic E-state index is 12.9. The second-order valence-corrected chi connectivity index (χ2v) is 8.01. The molecule has 1 atom stereocenters. The lowest BCUT2D eigenvalue weighted by atomic mass is 9.96. The molecular formula is C14H29N3O2S. The number of rotatable bonds is 6. The van der Waals surface area contributed by atoms with Crippen LogP contribution in [0, 0.1) is 0 Å². The van der Waals surface area contributed by atoms with Crippen LogP contribution in [0.25, 0.3) is 0 Å². The highest BCUT2D eigenvalue weighted by molar-refractivity contribution is 7.86. The van der Waals surface area contributed by atoms with Crippen LogP contribution in [-0.4, -0.2) is 55.8 Å². The summed E-state index contributed by atoms with van der Waals surface area (Å²) in [4.78, 5) is 0. The van der Waals surface area contributed by atoms with Crippen LogP contribution >= 0.6 is 0 Å². The Balaban J connectivity index is 2.11. The normalized spacial score (nSPS) is 25.7. The number of nitrogens with zero attached hydrogens (tertiary/aromatic N) is 2. The Hall–Kier alpha value is -0.170. The van der Waals surface area contributed by atoms with E-state index in [1.807, 2.05) is 6.92 Å². The molecule has 6 heteroatoms. The van der Waals surface area contributed by atoms with Crippen molar-refractivity contribution in [3.05, 3.63) is 0 Å². The molecule has 2 rings (SSSR count). The van der Waals surface area contributed by atoms with Crippen molar-refractivity contribution in [1.82, 2.24) is 13.9 Å². The number of nitrogens with one attached hydrogen (secondary N) is 1. The average molecular weight is 303 g/mol. The summed E-state index contributed by atoms with van der Waals surface area (Å²) in [6, 6.07) is 0.327. The molecule has 0 radical (unpaired) electrons. The van der Waals surface area contributed by atoms with Crippen LogP contribution in [0.1, 0.15) is 51.9 Å². The van der Waals surface area contributed by atoms with Crippen molar-refractivity contribution in [3.63, 3.8) is 0 Å². The van der Waals surface area contributed by atoms with E-state index in [0.29, 0.717) is 6.54 Å². The van der Waals surface area contributed by atoms with Gasteiger partial charge in [0.25, 0.3) is 10.2 Å². The molecule has 1 unspecified atom stereocenters. The zero-order chi connectivity index (χ0) is 14.6. The minimum absolute atomic E-state index is 0.131. The third kappa shape index (κ3) is 3.53. The van der Waals surface area contributed by atoms with Gasteiger partial charge in [0.2, 0.25) is 0 Å². The number of hydrogen-bond acceptors (Lipinski definition) is 3. The van der Waals surface area contributed by atoms with Gasteiger partial charge < -0.3 is 5.32 Å². The summed E-state index contributed by atoms with van der Waals surface area (Å²) in [5, 5.41) is 3.28. The first-order chi connectivity index (χ1) is 9.57. The smallest absolute Gasteiger partial charge is 0.282 e. The molecular weight excluding hydrogens is 274 g/mol. The van der Waals surface area contributed by atoms with Gasteiger partial charge >= 0.3 is 0 Å². The summed E-state index contributed by atoms with van der Waals surface area (Å²) in [5.74, 6) is 0. The first kappa shape index (κ1) is 16.2. The van der Waals surface area contributed by atoms with Gasteiger partial charge in [-0.2, -0.15) is 17.0 Å². The van der Waals surface area contributed by atoms with E-state index in [9.17, 15) is 8.42 Å².